The van der Waals surface area contributed by atoms with Crippen LogP contribution in [0.25, 0.3) is 11.5 Å². The van der Waals surface area contributed by atoms with Crippen molar-refractivity contribution >= 4 is 11.9 Å². The van der Waals surface area contributed by atoms with Crippen LogP contribution in [0.3, 0.4) is 0 Å². The summed E-state index contributed by atoms with van der Waals surface area (Å²) in [5.41, 5.74) is 0.289. The highest BCUT2D eigenvalue weighted by Crippen LogP contribution is 2.32. The second kappa shape index (κ2) is 14.5. The van der Waals surface area contributed by atoms with Crippen LogP contribution in [-0.2, 0) is 40.0 Å². The summed E-state index contributed by atoms with van der Waals surface area (Å²) in [7, 11) is 0. The number of nitrogens with zero attached hydrogens (tertiary/aromatic N) is 3. The van der Waals surface area contributed by atoms with Gasteiger partial charge in [0.15, 0.2) is 5.82 Å². The van der Waals surface area contributed by atoms with E-state index in [1.807, 2.05) is 0 Å². The van der Waals surface area contributed by atoms with Gasteiger partial charge in [0.2, 0.25) is 0 Å². The number of hydrogen-bond acceptors (Lipinski definition) is 6. The largest absolute Gasteiger partial charge is 0.459 e. The molecule has 3 aromatic rings. The number of ether oxygens (including phenoxy) is 1. The summed E-state index contributed by atoms with van der Waals surface area (Å²) >= 11 is 0. The van der Waals surface area contributed by atoms with Gasteiger partial charge in [-0.15, -0.1) is 0 Å². The molecule has 0 saturated heterocycles. The fourth-order valence-corrected chi connectivity index (χ4v) is 4.17. The first-order valence-electron chi connectivity index (χ1n) is 13.3. The smallest absolute Gasteiger partial charge is 0.416 e. The number of carbonyl (C=O) groups excluding carboxylic acids is 2. The van der Waals surface area contributed by atoms with Gasteiger partial charge in [-0.3, -0.25) is 4.79 Å². The van der Waals surface area contributed by atoms with Gasteiger partial charge >= 0.3 is 18.1 Å². The summed E-state index contributed by atoms with van der Waals surface area (Å²) in [4.78, 5) is 30.5. The first-order valence-corrected chi connectivity index (χ1v) is 13.3. The number of unbranched alkanes of at least 4 members (excludes halogenated alkanes) is 5. The lowest BCUT2D eigenvalue weighted by Gasteiger charge is -2.24. The van der Waals surface area contributed by atoms with Crippen molar-refractivity contribution in [2.24, 2.45) is 0 Å². The molecule has 2 aromatic carbocycles. The lowest BCUT2D eigenvalue weighted by molar-refractivity contribution is -0.160. The second-order valence-electron chi connectivity index (χ2n) is 9.27. The van der Waals surface area contributed by atoms with Crippen molar-refractivity contribution in [3.05, 3.63) is 71.0 Å². The number of hydrogen-bond donors (Lipinski definition) is 0. The third-order valence-electron chi connectivity index (χ3n) is 6.22. The Morgan fingerprint density at radius 1 is 0.923 bits per heavy atom. The maximum Gasteiger partial charge on any atom is 0.416 e. The number of carbonyl (C=O) groups is 2. The normalized spacial score (nSPS) is 11.4. The van der Waals surface area contributed by atoms with Gasteiger partial charge in [0.05, 0.1) is 12.2 Å². The van der Waals surface area contributed by atoms with Crippen LogP contribution >= 0.6 is 0 Å². The number of halogens is 3. The van der Waals surface area contributed by atoms with E-state index in [1.165, 1.54) is 43.9 Å². The molecule has 0 spiro atoms. The molecule has 0 saturated carbocycles. The van der Waals surface area contributed by atoms with Crippen molar-refractivity contribution in [3.63, 3.8) is 0 Å². The first kappa shape index (κ1) is 29.9. The highest BCUT2D eigenvalue weighted by atomic mass is 19.4. The number of esters is 1. The predicted octanol–water partition coefficient (Wildman–Crippen LogP) is 6.75. The average Bonchev–Trinajstić information content (AvgIpc) is 3.39. The van der Waals surface area contributed by atoms with Crippen molar-refractivity contribution in [2.75, 3.05) is 6.61 Å². The lowest BCUT2D eigenvalue weighted by atomic mass is 10.1. The average molecular weight is 546 g/mol. The molecule has 1 aromatic heterocycles. The minimum atomic E-state index is -4.60. The lowest BCUT2D eigenvalue weighted by Crippen LogP contribution is -2.37. The van der Waals surface area contributed by atoms with Gasteiger partial charge in [-0.05, 0) is 42.7 Å². The van der Waals surface area contributed by atoms with Crippen LogP contribution in [0.5, 0.6) is 0 Å². The zero-order valence-corrected chi connectivity index (χ0v) is 22.3. The number of benzene rings is 2. The molecule has 0 aliphatic heterocycles. The molecule has 1 heterocycles. The summed E-state index contributed by atoms with van der Waals surface area (Å²) < 4.78 is 50.8. The molecule has 0 radical (unpaired) electrons. The monoisotopic (exact) mass is 545 g/mol. The maximum absolute atomic E-state index is 13.5. The zero-order chi connectivity index (χ0) is 28.3. The number of alkyl halides is 3. The molecule has 39 heavy (non-hydrogen) atoms. The van der Waals surface area contributed by atoms with Crippen molar-refractivity contribution in [2.45, 2.75) is 78.1 Å². The molecular formula is C29H34F3N3O4. The third-order valence-corrected chi connectivity index (χ3v) is 6.22. The van der Waals surface area contributed by atoms with E-state index in [0.29, 0.717) is 22.8 Å². The molecule has 0 bridgehead atoms. The van der Waals surface area contributed by atoms with Gasteiger partial charge in [-0.1, -0.05) is 74.5 Å². The van der Waals surface area contributed by atoms with Gasteiger partial charge in [-0.25, -0.2) is 4.79 Å². The molecule has 7 nitrogen and oxygen atoms in total. The number of aryl methyl sites for hydroxylation is 1. The van der Waals surface area contributed by atoms with Crippen molar-refractivity contribution in [1.29, 1.82) is 0 Å². The Labute approximate surface area is 226 Å². The summed E-state index contributed by atoms with van der Waals surface area (Å²) in [6.07, 6.45) is 3.12. The topological polar surface area (TPSA) is 85.5 Å². The SMILES string of the molecule is CCCCCCCCc1noc(-c2ccc(CN(Cc3ccccc3C(F)(F)F)C(=O)C(=O)OCC)cc2)n1. The van der Waals surface area contributed by atoms with Crippen LogP contribution in [0.1, 0.15) is 74.9 Å². The van der Waals surface area contributed by atoms with E-state index in [1.54, 1.807) is 31.2 Å². The van der Waals surface area contributed by atoms with E-state index in [0.717, 1.165) is 30.2 Å². The standard InChI is InChI=1S/C29H34F3N3O4/c1-3-5-6-7-8-9-14-25-33-26(39-34-25)22-17-15-21(16-18-22)19-35(27(36)28(37)38-4-2)20-23-12-10-11-13-24(23)29(30,31)32/h10-13,15-18H,3-9,14,19-20H2,1-2H3. The Balaban J connectivity index is 1.70. The first-order chi connectivity index (χ1) is 18.7. The summed E-state index contributed by atoms with van der Waals surface area (Å²) in [6, 6.07) is 11.8. The number of amides is 1. The summed E-state index contributed by atoms with van der Waals surface area (Å²) in [5.74, 6) is -1.14. The fraction of sp³-hybridized carbons (Fsp3) is 0.448. The van der Waals surface area contributed by atoms with Gasteiger partial charge in [0.1, 0.15) is 0 Å². The summed E-state index contributed by atoms with van der Waals surface area (Å²) in [6.45, 7) is 3.18. The van der Waals surface area contributed by atoms with Crippen LogP contribution < -0.4 is 0 Å². The maximum atomic E-state index is 13.5. The van der Waals surface area contributed by atoms with Gasteiger partial charge in [0, 0.05) is 25.1 Å². The van der Waals surface area contributed by atoms with E-state index in [2.05, 4.69) is 17.1 Å². The molecule has 0 aliphatic carbocycles. The molecule has 0 fully saturated rings. The highest BCUT2D eigenvalue weighted by Gasteiger charge is 2.34. The van der Waals surface area contributed by atoms with E-state index in [-0.39, 0.29) is 18.7 Å². The Hall–Kier alpha value is -3.69. The molecule has 0 N–H and O–H groups in total. The van der Waals surface area contributed by atoms with E-state index < -0.39 is 30.2 Å². The minimum Gasteiger partial charge on any atom is -0.459 e. The van der Waals surface area contributed by atoms with Gasteiger partial charge < -0.3 is 14.2 Å². The van der Waals surface area contributed by atoms with Gasteiger partial charge in [0.25, 0.3) is 5.89 Å². The predicted molar refractivity (Wildman–Crippen MR) is 139 cm³/mol. The Bertz CT molecular complexity index is 1210. The van der Waals surface area contributed by atoms with Crippen molar-refractivity contribution in [1.82, 2.24) is 15.0 Å². The molecule has 3 rings (SSSR count). The number of aromatic nitrogens is 2. The van der Waals surface area contributed by atoms with Crippen LogP contribution in [0.4, 0.5) is 13.2 Å². The quantitative estimate of drug-likeness (QED) is 0.134. The molecule has 210 valence electrons. The Morgan fingerprint density at radius 3 is 2.31 bits per heavy atom. The third kappa shape index (κ3) is 8.94. The fourth-order valence-electron chi connectivity index (χ4n) is 4.17. The van der Waals surface area contributed by atoms with Crippen molar-refractivity contribution in [3.8, 4) is 11.5 Å². The summed E-state index contributed by atoms with van der Waals surface area (Å²) in [5, 5.41) is 4.05. The van der Waals surface area contributed by atoms with Crippen LogP contribution in [0.2, 0.25) is 0 Å². The number of rotatable bonds is 13. The van der Waals surface area contributed by atoms with E-state index in [4.69, 9.17) is 9.26 Å². The molecule has 10 heteroatoms. The van der Waals surface area contributed by atoms with Crippen LogP contribution in [-0.4, -0.2) is 33.5 Å². The van der Waals surface area contributed by atoms with Crippen LogP contribution in [0.15, 0.2) is 53.1 Å². The zero-order valence-electron chi connectivity index (χ0n) is 22.3. The van der Waals surface area contributed by atoms with E-state index in [9.17, 15) is 22.8 Å². The van der Waals surface area contributed by atoms with E-state index >= 15 is 0 Å². The Kier molecular flexibility index (Phi) is 11.1. The minimum absolute atomic E-state index is 0.0305. The molecule has 0 aliphatic rings. The second-order valence-corrected chi connectivity index (χ2v) is 9.27. The molecule has 0 unspecified atom stereocenters. The van der Waals surface area contributed by atoms with Crippen LogP contribution in [0, 0.1) is 0 Å². The van der Waals surface area contributed by atoms with Gasteiger partial charge in [-0.2, -0.15) is 18.2 Å². The van der Waals surface area contributed by atoms with Crippen molar-refractivity contribution < 1.29 is 32.0 Å². The highest BCUT2D eigenvalue weighted by molar-refractivity contribution is 6.32. The Morgan fingerprint density at radius 2 is 1.62 bits per heavy atom. The molecular weight excluding hydrogens is 511 g/mol. The molecule has 0 atom stereocenters. The molecule has 1 amide bonds.